The van der Waals surface area contributed by atoms with E-state index in [4.69, 9.17) is 18.9 Å². The number of hydrogen-bond acceptors (Lipinski definition) is 6. The van der Waals surface area contributed by atoms with Gasteiger partial charge in [0.15, 0.2) is 12.6 Å². The van der Waals surface area contributed by atoms with E-state index < -0.39 is 0 Å². The molecule has 0 amide bonds. The molecule has 0 unspecified atom stereocenters. The summed E-state index contributed by atoms with van der Waals surface area (Å²) in [6, 6.07) is 0. The molecular formula is C7H12O4S2. The Kier molecular flexibility index (Phi) is 3.76. The Morgan fingerprint density at radius 2 is 1.31 bits per heavy atom. The second kappa shape index (κ2) is 4.86. The summed E-state index contributed by atoms with van der Waals surface area (Å²) in [7, 11) is 1.36. The Hall–Kier alpha value is 0.540. The van der Waals surface area contributed by atoms with Crippen molar-refractivity contribution in [2.24, 2.45) is 0 Å². The van der Waals surface area contributed by atoms with Crippen molar-refractivity contribution in [3.8, 4) is 0 Å². The van der Waals surface area contributed by atoms with Gasteiger partial charge in [0.1, 0.15) is 5.25 Å². The average Bonchev–Trinajstić information content (AvgIpc) is 2.76. The van der Waals surface area contributed by atoms with E-state index in [1.54, 1.807) is 0 Å². The number of rotatable bonds is 3. The topological polar surface area (TPSA) is 36.9 Å². The van der Waals surface area contributed by atoms with Crippen molar-refractivity contribution >= 4 is 22.5 Å². The van der Waals surface area contributed by atoms with Crippen LogP contribution in [0.4, 0.5) is 0 Å². The van der Waals surface area contributed by atoms with Crippen LogP contribution in [0.5, 0.6) is 0 Å². The van der Waals surface area contributed by atoms with Gasteiger partial charge in [0.25, 0.3) is 0 Å². The van der Waals surface area contributed by atoms with Gasteiger partial charge in [-0.05, 0) is 0 Å². The van der Waals surface area contributed by atoms with E-state index in [0.29, 0.717) is 26.4 Å². The molecule has 2 saturated heterocycles. The highest BCUT2D eigenvalue weighted by Crippen LogP contribution is 2.30. The van der Waals surface area contributed by atoms with Crippen LogP contribution in [0.15, 0.2) is 0 Å². The van der Waals surface area contributed by atoms with Gasteiger partial charge in [-0.3, -0.25) is 0 Å². The number of hydrogen-bond donors (Lipinski definition) is 1. The first-order valence-electron chi connectivity index (χ1n) is 4.18. The highest BCUT2D eigenvalue weighted by Gasteiger charge is 2.36. The summed E-state index contributed by atoms with van der Waals surface area (Å²) in [5.41, 5.74) is 0. The Bertz CT molecular complexity index is 141. The first kappa shape index (κ1) is 10.1. The summed E-state index contributed by atoms with van der Waals surface area (Å²) >= 11 is 4.16. The smallest absolute Gasteiger partial charge is 0.175 e. The fraction of sp³-hybridized carbons (Fsp3) is 1.00. The van der Waals surface area contributed by atoms with Crippen molar-refractivity contribution in [2.45, 2.75) is 17.8 Å². The molecular weight excluding hydrogens is 212 g/mol. The highest BCUT2D eigenvalue weighted by molar-refractivity contribution is 8.68. The molecule has 2 aliphatic rings. The summed E-state index contributed by atoms with van der Waals surface area (Å²) in [5, 5.41) is -0.00617. The minimum Gasteiger partial charge on any atom is -0.349 e. The quantitative estimate of drug-likeness (QED) is 0.563. The molecule has 0 aliphatic carbocycles. The molecule has 0 N–H and O–H groups in total. The first-order valence-corrected chi connectivity index (χ1v) is 6.11. The van der Waals surface area contributed by atoms with Crippen LogP contribution in [0.3, 0.4) is 0 Å². The van der Waals surface area contributed by atoms with Gasteiger partial charge in [-0.2, -0.15) is 0 Å². The van der Waals surface area contributed by atoms with Crippen molar-refractivity contribution in [1.29, 1.82) is 0 Å². The van der Waals surface area contributed by atoms with Gasteiger partial charge >= 0.3 is 0 Å². The van der Waals surface area contributed by atoms with E-state index in [1.807, 2.05) is 0 Å². The third-order valence-corrected chi connectivity index (χ3v) is 3.37. The predicted octanol–water partition coefficient (Wildman–Crippen LogP) is 0.679. The van der Waals surface area contributed by atoms with Gasteiger partial charge in [0.05, 0.1) is 26.4 Å². The Morgan fingerprint density at radius 1 is 0.923 bits per heavy atom. The molecule has 0 aromatic heterocycles. The first-order chi connectivity index (χ1) is 6.42. The molecule has 2 heterocycles. The average molecular weight is 224 g/mol. The highest BCUT2D eigenvalue weighted by atomic mass is 33.1. The number of ether oxygens (including phenoxy) is 4. The summed E-state index contributed by atoms with van der Waals surface area (Å²) in [6.45, 7) is 2.56. The van der Waals surface area contributed by atoms with E-state index >= 15 is 0 Å². The molecule has 76 valence electrons. The van der Waals surface area contributed by atoms with Crippen molar-refractivity contribution in [3.05, 3.63) is 0 Å². The minimum absolute atomic E-state index is 0.00617. The lowest BCUT2D eigenvalue weighted by atomic mass is 10.4. The lowest BCUT2D eigenvalue weighted by Gasteiger charge is -2.23. The van der Waals surface area contributed by atoms with Crippen LogP contribution in [0.2, 0.25) is 0 Å². The van der Waals surface area contributed by atoms with Gasteiger partial charge in [0.2, 0.25) is 0 Å². The molecule has 2 aliphatic heterocycles. The van der Waals surface area contributed by atoms with E-state index in [2.05, 4.69) is 11.7 Å². The van der Waals surface area contributed by atoms with Crippen LogP contribution < -0.4 is 0 Å². The van der Waals surface area contributed by atoms with E-state index in [9.17, 15) is 0 Å². The molecule has 2 rings (SSSR count). The zero-order chi connectivity index (χ0) is 9.10. The van der Waals surface area contributed by atoms with Crippen LogP contribution in [-0.4, -0.2) is 44.3 Å². The maximum absolute atomic E-state index is 5.37. The zero-order valence-electron chi connectivity index (χ0n) is 7.05. The van der Waals surface area contributed by atoms with Crippen LogP contribution >= 0.6 is 22.5 Å². The van der Waals surface area contributed by atoms with Gasteiger partial charge in [-0.15, -0.1) is 11.7 Å². The minimum atomic E-state index is -0.245. The van der Waals surface area contributed by atoms with Crippen LogP contribution in [0, 0.1) is 0 Å². The van der Waals surface area contributed by atoms with Crippen molar-refractivity contribution in [2.75, 3.05) is 26.4 Å². The van der Waals surface area contributed by atoms with Gasteiger partial charge in [-0.25, -0.2) is 0 Å². The summed E-state index contributed by atoms with van der Waals surface area (Å²) in [4.78, 5) is 0. The van der Waals surface area contributed by atoms with Gasteiger partial charge < -0.3 is 18.9 Å². The fourth-order valence-corrected chi connectivity index (χ4v) is 2.47. The predicted molar refractivity (Wildman–Crippen MR) is 51.7 cm³/mol. The molecule has 0 radical (unpaired) electrons. The monoisotopic (exact) mass is 224 g/mol. The molecule has 6 heteroatoms. The lowest BCUT2D eigenvalue weighted by molar-refractivity contribution is -0.118. The summed E-state index contributed by atoms with van der Waals surface area (Å²) < 4.78 is 21.5. The Balaban J connectivity index is 1.90. The molecule has 0 bridgehead atoms. The SMILES string of the molecule is SSC(C1OCCO1)C1OCCO1. The van der Waals surface area contributed by atoms with E-state index in [-0.39, 0.29) is 17.8 Å². The Morgan fingerprint density at radius 3 is 1.62 bits per heavy atom. The van der Waals surface area contributed by atoms with E-state index in [1.165, 1.54) is 10.8 Å². The molecule has 0 saturated carbocycles. The summed E-state index contributed by atoms with van der Waals surface area (Å²) in [6.07, 6.45) is -0.490. The number of thiol groups is 1. The molecule has 0 spiro atoms. The van der Waals surface area contributed by atoms with E-state index in [0.717, 1.165) is 0 Å². The van der Waals surface area contributed by atoms with Crippen molar-refractivity contribution in [3.63, 3.8) is 0 Å². The maximum Gasteiger partial charge on any atom is 0.175 e. The van der Waals surface area contributed by atoms with Gasteiger partial charge in [-0.1, -0.05) is 10.8 Å². The second-order valence-electron chi connectivity index (χ2n) is 2.79. The molecule has 0 atom stereocenters. The van der Waals surface area contributed by atoms with Gasteiger partial charge in [0, 0.05) is 0 Å². The molecule has 4 nitrogen and oxygen atoms in total. The molecule has 0 aromatic carbocycles. The molecule has 0 aromatic rings. The lowest BCUT2D eigenvalue weighted by Crippen LogP contribution is -2.35. The largest absolute Gasteiger partial charge is 0.349 e. The fourth-order valence-electron chi connectivity index (χ4n) is 1.36. The maximum atomic E-state index is 5.37. The third kappa shape index (κ3) is 2.31. The second-order valence-corrected chi connectivity index (χ2v) is 4.18. The van der Waals surface area contributed by atoms with Crippen molar-refractivity contribution in [1.82, 2.24) is 0 Å². The van der Waals surface area contributed by atoms with Crippen LogP contribution in [0.1, 0.15) is 0 Å². The summed E-state index contributed by atoms with van der Waals surface area (Å²) in [5.74, 6) is 0. The van der Waals surface area contributed by atoms with Crippen LogP contribution in [0.25, 0.3) is 0 Å². The zero-order valence-corrected chi connectivity index (χ0v) is 8.76. The molecule has 13 heavy (non-hydrogen) atoms. The van der Waals surface area contributed by atoms with Crippen molar-refractivity contribution < 1.29 is 18.9 Å². The third-order valence-electron chi connectivity index (χ3n) is 1.95. The molecule has 2 fully saturated rings. The Labute approximate surface area is 86.0 Å². The standard InChI is InChI=1S/C7H12O4S2/c12-13-5(6-8-1-2-9-6)7-10-3-4-11-7/h5-7,12H,1-4H2. The normalized spacial score (nSPS) is 26.3. The van der Waals surface area contributed by atoms with Crippen LogP contribution in [-0.2, 0) is 18.9 Å².